The topological polar surface area (TPSA) is 45.8 Å². The number of aryl methyl sites for hydroxylation is 1. The molecule has 1 N–H and O–H groups in total. The largest absolute Gasteiger partial charge is 0.310 e. The molecular weight excluding hydrogens is 200 g/mol. The summed E-state index contributed by atoms with van der Waals surface area (Å²) in [4.78, 5) is 19.1. The predicted molar refractivity (Wildman–Crippen MR) is 62.4 cm³/mol. The van der Waals surface area contributed by atoms with Gasteiger partial charge in [-0.2, -0.15) is 0 Å². The first-order valence-corrected chi connectivity index (χ1v) is 6.36. The number of aromatic nitrogens is 2. The van der Waals surface area contributed by atoms with Gasteiger partial charge in [-0.25, -0.2) is 4.98 Å². The van der Waals surface area contributed by atoms with Crippen LogP contribution in [-0.4, -0.2) is 9.97 Å². The van der Waals surface area contributed by atoms with Gasteiger partial charge in [0.05, 0.1) is 0 Å². The molecule has 16 heavy (non-hydrogen) atoms. The molecular formula is C13H18N2O. The summed E-state index contributed by atoms with van der Waals surface area (Å²) in [5, 5.41) is 0. The van der Waals surface area contributed by atoms with E-state index < -0.39 is 0 Å². The zero-order valence-corrected chi connectivity index (χ0v) is 9.70. The second-order valence-electron chi connectivity index (χ2n) is 5.26. The Morgan fingerprint density at radius 3 is 2.94 bits per heavy atom. The van der Waals surface area contributed by atoms with Gasteiger partial charge in [-0.15, -0.1) is 0 Å². The molecule has 2 fully saturated rings. The number of H-pyrrole nitrogens is 1. The van der Waals surface area contributed by atoms with E-state index in [0.29, 0.717) is 5.92 Å². The Kier molecular flexibility index (Phi) is 2.34. The maximum Gasteiger partial charge on any atom is 0.251 e. The van der Waals surface area contributed by atoms with Crippen molar-refractivity contribution in [2.24, 2.45) is 11.8 Å². The van der Waals surface area contributed by atoms with E-state index in [1.165, 1.54) is 25.7 Å². The van der Waals surface area contributed by atoms with Gasteiger partial charge in [-0.1, -0.05) is 13.3 Å². The molecule has 0 aliphatic heterocycles. The highest BCUT2D eigenvalue weighted by molar-refractivity contribution is 5.11. The van der Waals surface area contributed by atoms with Crippen LogP contribution in [0.4, 0.5) is 0 Å². The molecule has 0 aromatic carbocycles. The highest BCUT2D eigenvalue weighted by Gasteiger charge is 2.41. The molecule has 3 nitrogen and oxygen atoms in total. The Morgan fingerprint density at radius 1 is 1.44 bits per heavy atom. The van der Waals surface area contributed by atoms with Gasteiger partial charge in [0.2, 0.25) is 0 Å². The molecule has 1 heterocycles. The maximum atomic E-state index is 11.5. The molecule has 2 saturated carbocycles. The fourth-order valence-corrected chi connectivity index (χ4v) is 3.46. The summed E-state index contributed by atoms with van der Waals surface area (Å²) in [6.07, 6.45) is 6.15. The fraction of sp³-hybridized carbons (Fsp3) is 0.692. The second kappa shape index (κ2) is 3.72. The molecule has 0 saturated heterocycles. The summed E-state index contributed by atoms with van der Waals surface area (Å²) in [5.74, 6) is 3.15. The first-order chi connectivity index (χ1) is 7.76. The van der Waals surface area contributed by atoms with Crippen molar-refractivity contribution in [3.05, 3.63) is 27.9 Å². The predicted octanol–water partition coefficient (Wildman–Crippen LogP) is 2.24. The van der Waals surface area contributed by atoms with Crippen LogP contribution in [0.5, 0.6) is 0 Å². The molecule has 2 aliphatic rings. The van der Waals surface area contributed by atoms with Gasteiger partial charge in [0.1, 0.15) is 5.82 Å². The smallest absolute Gasteiger partial charge is 0.251 e. The number of rotatable bonds is 2. The number of nitrogens with zero attached hydrogens (tertiary/aromatic N) is 1. The number of aromatic amines is 1. The number of hydrogen-bond acceptors (Lipinski definition) is 2. The molecule has 0 radical (unpaired) electrons. The average molecular weight is 218 g/mol. The van der Waals surface area contributed by atoms with Gasteiger partial charge in [-0.3, -0.25) is 4.79 Å². The monoisotopic (exact) mass is 218 g/mol. The fourth-order valence-electron chi connectivity index (χ4n) is 3.46. The van der Waals surface area contributed by atoms with Gasteiger partial charge in [-0.05, 0) is 37.5 Å². The van der Waals surface area contributed by atoms with Crippen LogP contribution in [0, 0.1) is 11.8 Å². The van der Waals surface area contributed by atoms with Crippen LogP contribution >= 0.6 is 0 Å². The van der Waals surface area contributed by atoms with E-state index in [9.17, 15) is 4.79 Å². The maximum absolute atomic E-state index is 11.5. The minimum Gasteiger partial charge on any atom is -0.310 e. The molecule has 3 heteroatoms. The lowest BCUT2D eigenvalue weighted by Crippen LogP contribution is -2.18. The standard InChI is InChI=1S/C13H18N2O/c1-2-10-7-12(16)15-13(14-10)11-6-8-3-4-9(11)5-8/h7-9,11H,2-6H2,1H3,(H,14,15,16). The lowest BCUT2D eigenvalue weighted by molar-refractivity contribution is 0.404. The van der Waals surface area contributed by atoms with E-state index in [1.54, 1.807) is 6.07 Å². The molecule has 2 bridgehead atoms. The van der Waals surface area contributed by atoms with E-state index in [2.05, 4.69) is 9.97 Å². The van der Waals surface area contributed by atoms with Crippen molar-refractivity contribution in [2.75, 3.05) is 0 Å². The van der Waals surface area contributed by atoms with E-state index in [4.69, 9.17) is 0 Å². The quantitative estimate of drug-likeness (QED) is 0.827. The first-order valence-electron chi connectivity index (χ1n) is 6.36. The van der Waals surface area contributed by atoms with Gasteiger partial charge >= 0.3 is 0 Å². The Bertz CT molecular complexity index is 451. The van der Waals surface area contributed by atoms with Crippen LogP contribution in [0.1, 0.15) is 50.0 Å². The zero-order valence-electron chi connectivity index (χ0n) is 9.70. The van der Waals surface area contributed by atoms with Crippen molar-refractivity contribution >= 4 is 0 Å². The van der Waals surface area contributed by atoms with Crippen molar-refractivity contribution in [1.82, 2.24) is 9.97 Å². The van der Waals surface area contributed by atoms with E-state index in [0.717, 1.165) is 29.8 Å². The second-order valence-corrected chi connectivity index (χ2v) is 5.26. The Hall–Kier alpha value is -1.12. The summed E-state index contributed by atoms with van der Waals surface area (Å²) in [6, 6.07) is 1.62. The third kappa shape index (κ3) is 1.58. The number of nitrogens with one attached hydrogen (secondary N) is 1. The molecule has 1 aromatic heterocycles. The number of fused-ring (bicyclic) bond motifs is 2. The summed E-state index contributed by atoms with van der Waals surface area (Å²) >= 11 is 0. The van der Waals surface area contributed by atoms with Crippen LogP contribution in [0.25, 0.3) is 0 Å². The van der Waals surface area contributed by atoms with Crippen LogP contribution < -0.4 is 5.56 Å². The van der Waals surface area contributed by atoms with Crippen molar-refractivity contribution in [2.45, 2.75) is 44.9 Å². The summed E-state index contributed by atoms with van der Waals surface area (Å²) in [6.45, 7) is 2.05. The first kappa shape index (κ1) is 10.1. The molecule has 1 aromatic rings. The molecule has 2 aliphatic carbocycles. The third-order valence-corrected chi connectivity index (χ3v) is 4.26. The van der Waals surface area contributed by atoms with Crippen LogP contribution in [0.2, 0.25) is 0 Å². The highest BCUT2D eigenvalue weighted by atomic mass is 16.1. The normalized spacial score (nSPS) is 32.2. The molecule has 86 valence electrons. The van der Waals surface area contributed by atoms with Crippen LogP contribution in [0.15, 0.2) is 10.9 Å². The van der Waals surface area contributed by atoms with Gasteiger partial charge in [0.15, 0.2) is 0 Å². The summed E-state index contributed by atoms with van der Waals surface area (Å²) < 4.78 is 0. The molecule has 0 amide bonds. The van der Waals surface area contributed by atoms with Gasteiger partial charge < -0.3 is 4.98 Å². The van der Waals surface area contributed by atoms with Crippen LogP contribution in [0.3, 0.4) is 0 Å². The SMILES string of the molecule is CCc1cc(=O)[nH]c(C2CC3CCC2C3)n1. The summed E-state index contributed by atoms with van der Waals surface area (Å²) in [5.41, 5.74) is 0.950. The van der Waals surface area contributed by atoms with Crippen molar-refractivity contribution in [3.8, 4) is 0 Å². The molecule has 3 atom stereocenters. The van der Waals surface area contributed by atoms with Crippen LogP contribution in [-0.2, 0) is 6.42 Å². The summed E-state index contributed by atoms with van der Waals surface area (Å²) in [7, 11) is 0. The Labute approximate surface area is 95.3 Å². The average Bonchev–Trinajstić information content (AvgIpc) is 2.89. The van der Waals surface area contributed by atoms with Crippen molar-refractivity contribution in [1.29, 1.82) is 0 Å². The van der Waals surface area contributed by atoms with E-state index in [-0.39, 0.29) is 5.56 Å². The lowest BCUT2D eigenvalue weighted by Gasteiger charge is -2.20. The lowest BCUT2D eigenvalue weighted by atomic mass is 9.88. The Balaban J connectivity index is 1.94. The zero-order chi connectivity index (χ0) is 11.1. The molecule has 3 rings (SSSR count). The highest BCUT2D eigenvalue weighted by Crippen LogP contribution is 2.51. The van der Waals surface area contributed by atoms with E-state index in [1.807, 2.05) is 6.92 Å². The van der Waals surface area contributed by atoms with Crippen molar-refractivity contribution in [3.63, 3.8) is 0 Å². The molecule has 0 spiro atoms. The Morgan fingerprint density at radius 2 is 2.31 bits per heavy atom. The minimum absolute atomic E-state index is 0.0182. The third-order valence-electron chi connectivity index (χ3n) is 4.26. The minimum atomic E-state index is 0.0182. The van der Waals surface area contributed by atoms with Gasteiger partial charge in [0, 0.05) is 17.7 Å². The number of hydrogen-bond donors (Lipinski definition) is 1. The van der Waals surface area contributed by atoms with Crippen molar-refractivity contribution < 1.29 is 0 Å². The van der Waals surface area contributed by atoms with Gasteiger partial charge in [0.25, 0.3) is 5.56 Å². The van der Waals surface area contributed by atoms with E-state index >= 15 is 0 Å². The molecule has 3 unspecified atom stereocenters.